The Balaban J connectivity index is 1.66. The summed E-state index contributed by atoms with van der Waals surface area (Å²) < 4.78 is 1.93. The van der Waals surface area contributed by atoms with E-state index in [-0.39, 0.29) is 18.4 Å². The fourth-order valence-corrected chi connectivity index (χ4v) is 4.47. The highest BCUT2D eigenvalue weighted by molar-refractivity contribution is 7.80. The lowest BCUT2D eigenvalue weighted by Gasteiger charge is -2.30. The minimum absolute atomic E-state index is 0.107. The first-order chi connectivity index (χ1) is 18.3. The van der Waals surface area contributed by atoms with Gasteiger partial charge in [-0.1, -0.05) is 60.5 Å². The fourth-order valence-electron chi connectivity index (χ4n) is 3.87. The van der Waals surface area contributed by atoms with Gasteiger partial charge in [0.1, 0.15) is 0 Å². The number of hydrogen-bond donors (Lipinski definition) is 2. The second-order valence-corrected chi connectivity index (χ2v) is 9.91. The van der Waals surface area contributed by atoms with Gasteiger partial charge in [-0.05, 0) is 48.0 Å². The summed E-state index contributed by atoms with van der Waals surface area (Å²) in [6.07, 6.45) is 6.04. The lowest BCUT2D eigenvalue weighted by molar-refractivity contribution is -0.121. The Morgan fingerprint density at radius 2 is 2.05 bits per heavy atom. The number of halogens is 2. The number of nitrogens with zero attached hydrogens (tertiary/aromatic N) is 4. The number of nitriles is 1. The maximum Gasteiger partial charge on any atom is 0.226 e. The van der Waals surface area contributed by atoms with E-state index in [4.69, 9.17) is 40.7 Å². The number of nitrogens with one attached hydrogen (secondary N) is 2. The third-order valence-electron chi connectivity index (χ3n) is 5.95. The minimum Gasteiger partial charge on any atom is -0.359 e. The highest BCUT2D eigenvalue weighted by atomic mass is 35.5. The average Bonchev–Trinajstić information content (AvgIpc) is 3.35. The summed E-state index contributed by atoms with van der Waals surface area (Å²) in [7, 11) is 0. The second-order valence-electron chi connectivity index (χ2n) is 8.74. The van der Waals surface area contributed by atoms with Crippen LogP contribution in [-0.2, 0) is 24.3 Å². The molecule has 2 N–H and O–H groups in total. The molecule has 0 aliphatic carbocycles. The van der Waals surface area contributed by atoms with Crippen LogP contribution in [0.4, 0.5) is 0 Å². The standard InChI is InChI=1S/C28H30Cl2N6OS/c1-3-12-33-28(38)35(17-22-6-5-7-25(29)27(22)30)18-23(4-2)34-26(37)13-24-15-32-19-36(24)16-21-10-8-20(14-31)9-11-21/h3,5-11,15,19,23H,1,4,12-13,16-18H2,2H3,(H,33,38)(H,34,37)/t23-/m0/s1. The molecule has 1 amide bonds. The maximum absolute atomic E-state index is 13.0. The summed E-state index contributed by atoms with van der Waals surface area (Å²) in [5.74, 6) is -0.107. The van der Waals surface area contributed by atoms with Crippen LogP contribution in [0.5, 0.6) is 0 Å². The molecule has 1 atom stereocenters. The van der Waals surface area contributed by atoms with Crippen LogP contribution < -0.4 is 10.6 Å². The molecule has 0 saturated carbocycles. The summed E-state index contributed by atoms with van der Waals surface area (Å²) in [4.78, 5) is 19.2. The van der Waals surface area contributed by atoms with Crippen molar-refractivity contribution in [2.24, 2.45) is 0 Å². The molecule has 0 unspecified atom stereocenters. The Morgan fingerprint density at radius 1 is 1.29 bits per heavy atom. The molecule has 3 aromatic rings. The molecule has 7 nitrogen and oxygen atoms in total. The van der Waals surface area contributed by atoms with Gasteiger partial charge in [0, 0.05) is 44.1 Å². The maximum atomic E-state index is 13.0. The smallest absolute Gasteiger partial charge is 0.226 e. The number of amides is 1. The van der Waals surface area contributed by atoms with Crippen LogP contribution in [0.1, 0.15) is 35.7 Å². The lowest BCUT2D eigenvalue weighted by atomic mass is 10.1. The zero-order valence-electron chi connectivity index (χ0n) is 21.2. The predicted octanol–water partition coefficient (Wildman–Crippen LogP) is 5.11. The normalized spacial score (nSPS) is 11.3. The van der Waals surface area contributed by atoms with Crippen LogP contribution in [0, 0.1) is 11.3 Å². The number of aromatic nitrogens is 2. The Hall–Kier alpha value is -3.38. The largest absolute Gasteiger partial charge is 0.359 e. The zero-order valence-corrected chi connectivity index (χ0v) is 23.5. The quantitative estimate of drug-likeness (QED) is 0.233. The van der Waals surface area contributed by atoms with Crippen LogP contribution in [0.25, 0.3) is 0 Å². The molecule has 3 rings (SSSR count). The molecule has 0 bridgehead atoms. The zero-order chi connectivity index (χ0) is 27.5. The van der Waals surface area contributed by atoms with Gasteiger partial charge in [0.15, 0.2) is 5.11 Å². The van der Waals surface area contributed by atoms with Gasteiger partial charge in [-0.3, -0.25) is 4.79 Å². The fraction of sp³-hybridized carbons (Fsp3) is 0.286. The van der Waals surface area contributed by atoms with Crippen molar-refractivity contribution in [3.05, 3.63) is 100 Å². The van der Waals surface area contributed by atoms with E-state index < -0.39 is 0 Å². The second kappa shape index (κ2) is 14.5. The van der Waals surface area contributed by atoms with E-state index in [1.807, 2.05) is 40.7 Å². The molecule has 38 heavy (non-hydrogen) atoms. The summed E-state index contributed by atoms with van der Waals surface area (Å²) in [5, 5.41) is 16.8. The number of hydrogen-bond acceptors (Lipinski definition) is 4. The number of benzene rings is 2. The third kappa shape index (κ3) is 8.32. The highest BCUT2D eigenvalue weighted by Crippen LogP contribution is 2.26. The Kier molecular flexibility index (Phi) is 11.2. The van der Waals surface area contributed by atoms with Gasteiger partial charge in [0.25, 0.3) is 0 Å². The first kappa shape index (κ1) is 29.2. The van der Waals surface area contributed by atoms with Gasteiger partial charge >= 0.3 is 0 Å². The van der Waals surface area contributed by atoms with Crippen molar-refractivity contribution in [3.63, 3.8) is 0 Å². The van der Waals surface area contributed by atoms with Crippen molar-refractivity contribution in [2.45, 2.75) is 38.9 Å². The van der Waals surface area contributed by atoms with E-state index in [1.54, 1.807) is 36.8 Å². The minimum atomic E-state index is -0.154. The Labute approximate surface area is 239 Å². The summed E-state index contributed by atoms with van der Waals surface area (Å²) in [5.41, 5.74) is 3.27. The first-order valence-electron chi connectivity index (χ1n) is 12.2. The van der Waals surface area contributed by atoms with Crippen LogP contribution >= 0.6 is 35.4 Å². The van der Waals surface area contributed by atoms with Crippen LogP contribution in [0.2, 0.25) is 10.0 Å². The molecule has 0 aliphatic rings. The van der Waals surface area contributed by atoms with Crippen molar-refractivity contribution in [2.75, 3.05) is 13.1 Å². The molecule has 0 spiro atoms. The topological polar surface area (TPSA) is 86.0 Å². The van der Waals surface area contributed by atoms with Crippen molar-refractivity contribution >= 4 is 46.4 Å². The summed E-state index contributed by atoms with van der Waals surface area (Å²) in [6.45, 7) is 7.76. The molecule has 0 aliphatic heterocycles. The highest BCUT2D eigenvalue weighted by Gasteiger charge is 2.20. The number of rotatable bonds is 12. The number of carbonyl (C=O) groups is 1. The van der Waals surface area contributed by atoms with Gasteiger partial charge < -0.3 is 20.1 Å². The van der Waals surface area contributed by atoms with Gasteiger partial charge in [0.2, 0.25) is 5.91 Å². The predicted molar refractivity (Wildman–Crippen MR) is 156 cm³/mol. The van der Waals surface area contributed by atoms with Gasteiger partial charge in [-0.15, -0.1) is 6.58 Å². The molecule has 1 aromatic heterocycles. The van der Waals surface area contributed by atoms with Gasteiger partial charge in [-0.25, -0.2) is 4.98 Å². The van der Waals surface area contributed by atoms with Crippen molar-refractivity contribution in [3.8, 4) is 6.07 Å². The molecule has 0 saturated heterocycles. The molecule has 1 heterocycles. The van der Waals surface area contributed by atoms with E-state index in [0.29, 0.717) is 53.3 Å². The monoisotopic (exact) mass is 568 g/mol. The van der Waals surface area contributed by atoms with Crippen molar-refractivity contribution < 1.29 is 4.79 Å². The molecule has 2 aromatic carbocycles. The third-order valence-corrected chi connectivity index (χ3v) is 7.21. The first-order valence-corrected chi connectivity index (χ1v) is 13.3. The van der Waals surface area contributed by atoms with E-state index in [0.717, 1.165) is 16.8 Å². The summed E-state index contributed by atoms with van der Waals surface area (Å²) >= 11 is 18.3. The molecular weight excluding hydrogens is 539 g/mol. The van der Waals surface area contributed by atoms with Gasteiger partial charge in [-0.2, -0.15) is 5.26 Å². The van der Waals surface area contributed by atoms with E-state index in [1.165, 1.54) is 0 Å². The molecular formula is C28H30Cl2N6OS. The molecule has 0 radical (unpaired) electrons. The van der Waals surface area contributed by atoms with Crippen molar-refractivity contribution in [1.82, 2.24) is 25.1 Å². The van der Waals surface area contributed by atoms with Crippen molar-refractivity contribution in [1.29, 1.82) is 5.26 Å². The molecule has 10 heteroatoms. The summed E-state index contributed by atoms with van der Waals surface area (Å²) in [6, 6.07) is 14.8. The molecule has 0 fully saturated rings. The van der Waals surface area contributed by atoms with E-state index in [2.05, 4.69) is 28.3 Å². The van der Waals surface area contributed by atoms with Gasteiger partial charge in [0.05, 0.1) is 34.4 Å². The Bertz CT molecular complexity index is 1300. The lowest BCUT2D eigenvalue weighted by Crippen LogP contribution is -2.48. The molecule has 198 valence electrons. The van der Waals surface area contributed by atoms with E-state index >= 15 is 0 Å². The van der Waals surface area contributed by atoms with Crippen LogP contribution in [0.15, 0.2) is 67.6 Å². The van der Waals surface area contributed by atoms with E-state index in [9.17, 15) is 4.79 Å². The van der Waals surface area contributed by atoms with Crippen LogP contribution in [0.3, 0.4) is 0 Å². The number of imidazole rings is 1. The van der Waals surface area contributed by atoms with Crippen LogP contribution in [-0.4, -0.2) is 44.6 Å². The number of carbonyl (C=O) groups excluding carboxylic acids is 1. The average molecular weight is 570 g/mol. The SMILES string of the molecule is C=CCNC(=S)N(Cc1cccc(Cl)c1Cl)C[C@H](CC)NC(=O)Cc1cncn1Cc1ccc(C#N)cc1. The Morgan fingerprint density at radius 3 is 2.74 bits per heavy atom. The number of thiocarbonyl (C=S) groups is 1.